The molecule has 6 N–H and O–H groups in total. The van der Waals surface area contributed by atoms with Crippen LogP contribution in [-0.4, -0.2) is 100 Å². The molecule has 59 heavy (non-hydrogen) atoms. The Morgan fingerprint density at radius 2 is 0.847 bits per heavy atom. The zero-order valence-electron chi connectivity index (χ0n) is 33.5. The first-order valence-corrected chi connectivity index (χ1v) is 19.7. The van der Waals surface area contributed by atoms with Gasteiger partial charge in [-0.1, -0.05) is 72.8 Å². The molecule has 2 atom stereocenters. The van der Waals surface area contributed by atoms with Crippen LogP contribution in [-0.2, 0) is 35.3 Å². The van der Waals surface area contributed by atoms with E-state index in [1.165, 1.54) is 47.9 Å². The molecule has 0 saturated carbocycles. The van der Waals surface area contributed by atoms with E-state index in [-0.39, 0.29) is 65.1 Å². The highest BCUT2D eigenvalue weighted by Gasteiger charge is 2.34. The molecule has 0 bridgehead atoms. The maximum atomic E-state index is 13.2. The van der Waals surface area contributed by atoms with Crippen LogP contribution in [0.15, 0.2) is 97.1 Å². The lowest BCUT2D eigenvalue weighted by molar-refractivity contribution is -0.134. The molecule has 4 heterocycles. The Bertz CT molecular complexity index is 1860. The van der Waals surface area contributed by atoms with E-state index in [0.29, 0.717) is 24.0 Å². The van der Waals surface area contributed by atoms with Crippen LogP contribution in [0, 0.1) is 22.7 Å². The maximum Gasteiger partial charge on any atom is 0.227 e. The molecule has 4 aromatic carbocycles. The van der Waals surface area contributed by atoms with Crippen LogP contribution in [0.4, 0.5) is 0 Å². The summed E-state index contributed by atoms with van der Waals surface area (Å²) in [6.07, 6.45) is 7.66. The fourth-order valence-electron chi connectivity index (χ4n) is 8.66. The number of hydrogen-bond acceptors (Lipinski definition) is 6. The van der Waals surface area contributed by atoms with Gasteiger partial charge in [-0.05, 0) is 122 Å². The third-order valence-corrected chi connectivity index (χ3v) is 11.6. The normalized spacial score (nSPS) is 17.9. The third-order valence-electron chi connectivity index (χ3n) is 11.6. The Balaban J connectivity index is 0.000000375. The standard InChI is InChI=1S/2C23H25N3O.2ClH.3H2O/c2*24-16-19-9-7-18(8-10-19)15-23(27)26-14-11-20-5-1-2-6-21(20)22(26)17-25-12-3-4-13-25;;;;;/h2*1-2,5-10,22H,3-4,11-15,17H2;2*1H;3*1H2. The first-order valence-electron chi connectivity index (χ1n) is 19.7. The van der Waals surface area contributed by atoms with Crippen LogP contribution in [0.1, 0.15) is 82.3 Å². The number of likely N-dealkylation sites (tertiary alicyclic amines) is 2. The number of nitriles is 2. The molecule has 4 aliphatic heterocycles. The van der Waals surface area contributed by atoms with Gasteiger partial charge < -0.3 is 36.0 Å². The van der Waals surface area contributed by atoms with E-state index in [2.05, 4.69) is 80.3 Å². The minimum atomic E-state index is 0. The van der Waals surface area contributed by atoms with Gasteiger partial charge in [0, 0.05) is 26.2 Å². The number of nitrogens with zero attached hydrogens (tertiary/aromatic N) is 6. The van der Waals surface area contributed by atoms with Crippen molar-refractivity contribution < 1.29 is 26.0 Å². The Labute approximate surface area is 361 Å². The summed E-state index contributed by atoms with van der Waals surface area (Å²) in [6, 6.07) is 36.4. The molecule has 8 rings (SSSR count). The average molecular weight is 846 g/mol. The van der Waals surface area contributed by atoms with Crippen molar-refractivity contribution in [2.24, 2.45) is 0 Å². The topological polar surface area (TPSA) is 189 Å². The molecular formula is C46H58Cl2N6O5. The third kappa shape index (κ3) is 12.6. The Morgan fingerprint density at radius 3 is 1.19 bits per heavy atom. The molecule has 316 valence electrons. The van der Waals surface area contributed by atoms with E-state index in [1.807, 2.05) is 24.3 Å². The number of carbonyl (C=O) groups is 2. The van der Waals surface area contributed by atoms with Crippen molar-refractivity contribution in [3.05, 3.63) is 142 Å². The smallest absolute Gasteiger partial charge is 0.227 e. The molecule has 13 heteroatoms. The lowest BCUT2D eigenvalue weighted by atomic mass is 9.91. The van der Waals surface area contributed by atoms with Gasteiger partial charge >= 0.3 is 0 Å². The van der Waals surface area contributed by atoms with E-state index >= 15 is 0 Å². The molecule has 0 aliphatic carbocycles. The van der Waals surface area contributed by atoms with Gasteiger partial charge in [0.15, 0.2) is 0 Å². The SMILES string of the molecule is Cl.Cl.N#Cc1ccc(CC(=O)N2CCc3ccccc3C2CN2CCCC2)cc1.N#Cc1ccc(CC(=O)N2CCc3ccccc3C2CN2CCCC2)cc1.O.O.O. The van der Waals surface area contributed by atoms with Crippen LogP contribution in [0.2, 0.25) is 0 Å². The van der Waals surface area contributed by atoms with Crippen molar-refractivity contribution in [2.45, 2.75) is 63.5 Å². The number of halogens is 2. The van der Waals surface area contributed by atoms with E-state index < -0.39 is 0 Å². The molecule has 4 aliphatic rings. The van der Waals surface area contributed by atoms with Crippen LogP contribution >= 0.6 is 24.8 Å². The lowest BCUT2D eigenvalue weighted by Gasteiger charge is -2.39. The second-order valence-corrected chi connectivity index (χ2v) is 15.1. The van der Waals surface area contributed by atoms with Gasteiger partial charge in [-0.2, -0.15) is 10.5 Å². The number of fused-ring (bicyclic) bond motifs is 2. The van der Waals surface area contributed by atoms with Crippen molar-refractivity contribution >= 4 is 36.6 Å². The van der Waals surface area contributed by atoms with Gasteiger partial charge in [0.1, 0.15) is 0 Å². The van der Waals surface area contributed by atoms with Gasteiger partial charge in [0.25, 0.3) is 0 Å². The summed E-state index contributed by atoms with van der Waals surface area (Å²) in [7, 11) is 0. The second-order valence-electron chi connectivity index (χ2n) is 15.1. The van der Waals surface area contributed by atoms with E-state index in [1.54, 1.807) is 24.3 Å². The highest BCUT2D eigenvalue weighted by atomic mass is 35.5. The molecule has 4 aromatic rings. The van der Waals surface area contributed by atoms with Crippen LogP contribution in [0.5, 0.6) is 0 Å². The number of rotatable bonds is 8. The van der Waals surface area contributed by atoms with Crippen molar-refractivity contribution in [1.29, 1.82) is 10.5 Å². The summed E-state index contributed by atoms with van der Waals surface area (Å²) in [5, 5.41) is 17.9. The van der Waals surface area contributed by atoms with Crippen LogP contribution in [0.3, 0.4) is 0 Å². The number of amides is 2. The van der Waals surface area contributed by atoms with E-state index in [9.17, 15) is 9.59 Å². The van der Waals surface area contributed by atoms with Crippen molar-refractivity contribution in [1.82, 2.24) is 19.6 Å². The Morgan fingerprint density at radius 1 is 0.508 bits per heavy atom. The summed E-state index contributed by atoms with van der Waals surface area (Å²) in [5.41, 5.74) is 8.58. The summed E-state index contributed by atoms with van der Waals surface area (Å²) < 4.78 is 0. The summed E-state index contributed by atoms with van der Waals surface area (Å²) in [6.45, 7) is 7.96. The number of hydrogen-bond donors (Lipinski definition) is 0. The first-order chi connectivity index (χ1) is 26.5. The monoisotopic (exact) mass is 844 g/mol. The predicted molar refractivity (Wildman–Crippen MR) is 236 cm³/mol. The molecule has 2 unspecified atom stereocenters. The Kier molecular flexibility index (Phi) is 20.7. The van der Waals surface area contributed by atoms with Gasteiger partial charge in [-0.3, -0.25) is 9.59 Å². The summed E-state index contributed by atoms with van der Waals surface area (Å²) >= 11 is 0. The Hall–Kier alpha value is -4.82. The molecule has 0 spiro atoms. The van der Waals surface area contributed by atoms with E-state index in [0.717, 1.165) is 76.3 Å². The molecule has 2 amide bonds. The van der Waals surface area contributed by atoms with Crippen LogP contribution < -0.4 is 0 Å². The second kappa shape index (κ2) is 24.3. The molecule has 0 aromatic heterocycles. The molecular weight excluding hydrogens is 787 g/mol. The maximum absolute atomic E-state index is 13.2. The molecule has 2 saturated heterocycles. The molecule has 2 fully saturated rings. The van der Waals surface area contributed by atoms with Crippen molar-refractivity contribution in [3.8, 4) is 12.1 Å². The lowest BCUT2D eigenvalue weighted by Crippen LogP contribution is -2.45. The zero-order valence-corrected chi connectivity index (χ0v) is 35.2. The highest BCUT2D eigenvalue weighted by Crippen LogP contribution is 2.33. The van der Waals surface area contributed by atoms with Crippen molar-refractivity contribution in [3.63, 3.8) is 0 Å². The zero-order chi connectivity index (χ0) is 37.3. The molecule has 0 radical (unpaired) electrons. The average Bonchev–Trinajstić information content (AvgIpc) is 3.94. The minimum Gasteiger partial charge on any atom is -0.412 e. The summed E-state index contributed by atoms with van der Waals surface area (Å²) in [5.74, 6) is 0.358. The van der Waals surface area contributed by atoms with Crippen LogP contribution in [0.25, 0.3) is 0 Å². The van der Waals surface area contributed by atoms with Gasteiger partial charge in [-0.25, -0.2) is 0 Å². The largest absolute Gasteiger partial charge is 0.412 e. The predicted octanol–water partition coefficient (Wildman–Crippen LogP) is 5.01. The van der Waals surface area contributed by atoms with Gasteiger partial charge in [0.05, 0.1) is 48.2 Å². The number of carbonyl (C=O) groups excluding carboxylic acids is 2. The molecule has 11 nitrogen and oxygen atoms in total. The highest BCUT2D eigenvalue weighted by molar-refractivity contribution is 5.85. The minimum absolute atomic E-state index is 0. The number of benzene rings is 4. The summed E-state index contributed by atoms with van der Waals surface area (Å²) in [4.78, 5) is 35.5. The quantitative estimate of drug-likeness (QED) is 0.240. The fourth-order valence-corrected chi connectivity index (χ4v) is 8.66. The fraction of sp³-hybridized carbons (Fsp3) is 0.391. The first kappa shape index (κ1) is 50.3. The van der Waals surface area contributed by atoms with Gasteiger partial charge in [-0.15, -0.1) is 24.8 Å². The van der Waals surface area contributed by atoms with Crippen molar-refractivity contribution in [2.75, 3.05) is 52.4 Å². The van der Waals surface area contributed by atoms with E-state index in [4.69, 9.17) is 10.5 Å². The van der Waals surface area contributed by atoms with Gasteiger partial charge in [0.2, 0.25) is 11.8 Å².